The minimum Gasteiger partial charge on any atom is -0.493 e. The van der Waals surface area contributed by atoms with E-state index in [0.717, 1.165) is 30.2 Å². The molecule has 2 heterocycles. The fourth-order valence-corrected chi connectivity index (χ4v) is 4.21. The summed E-state index contributed by atoms with van der Waals surface area (Å²) < 4.78 is 5.71. The van der Waals surface area contributed by atoms with Crippen LogP contribution in [0.2, 0.25) is 0 Å². The lowest BCUT2D eigenvalue weighted by molar-refractivity contribution is -0.138. The van der Waals surface area contributed by atoms with E-state index in [2.05, 4.69) is 11.0 Å². The molecule has 5 heteroatoms. The summed E-state index contributed by atoms with van der Waals surface area (Å²) in [5.41, 5.74) is 1.21. The van der Waals surface area contributed by atoms with E-state index < -0.39 is 5.97 Å². The Morgan fingerprint density at radius 3 is 3.15 bits per heavy atom. The van der Waals surface area contributed by atoms with Crippen LogP contribution in [-0.4, -0.2) is 46.7 Å². The number of hydrogen-bond acceptors (Lipinski definition) is 4. The summed E-state index contributed by atoms with van der Waals surface area (Å²) in [6, 6.07) is 8.56. The van der Waals surface area contributed by atoms with Crippen molar-refractivity contribution < 1.29 is 14.6 Å². The van der Waals surface area contributed by atoms with Gasteiger partial charge in [-0.3, -0.25) is 9.69 Å². The highest BCUT2D eigenvalue weighted by Crippen LogP contribution is 2.38. The summed E-state index contributed by atoms with van der Waals surface area (Å²) >= 11 is 1.86. The lowest BCUT2D eigenvalue weighted by Crippen LogP contribution is -2.46. The number of benzene rings is 1. The minimum atomic E-state index is -0.706. The zero-order valence-electron chi connectivity index (χ0n) is 11.3. The second-order valence-electron chi connectivity index (χ2n) is 5.26. The molecule has 0 aromatic heterocycles. The van der Waals surface area contributed by atoms with Crippen LogP contribution in [0.15, 0.2) is 24.3 Å². The maximum atomic E-state index is 11.1. The zero-order chi connectivity index (χ0) is 13.9. The van der Waals surface area contributed by atoms with Gasteiger partial charge in [0.1, 0.15) is 5.75 Å². The Kier molecular flexibility index (Phi) is 4.17. The van der Waals surface area contributed by atoms with Crippen molar-refractivity contribution in [3.63, 3.8) is 0 Å². The summed E-state index contributed by atoms with van der Waals surface area (Å²) in [4.78, 5) is 13.5. The predicted octanol–water partition coefficient (Wildman–Crippen LogP) is 2.40. The second-order valence-corrected chi connectivity index (χ2v) is 6.41. The van der Waals surface area contributed by atoms with Gasteiger partial charge >= 0.3 is 5.97 Å². The fraction of sp³-hybridized carbons (Fsp3) is 0.533. The number of nitrogens with zero attached hydrogens (tertiary/aromatic N) is 1. The van der Waals surface area contributed by atoms with Crippen LogP contribution in [0.5, 0.6) is 5.75 Å². The second kappa shape index (κ2) is 6.06. The molecule has 0 aliphatic carbocycles. The van der Waals surface area contributed by atoms with Gasteiger partial charge in [0.25, 0.3) is 0 Å². The predicted molar refractivity (Wildman–Crippen MR) is 79.4 cm³/mol. The molecule has 1 N–H and O–H groups in total. The van der Waals surface area contributed by atoms with Gasteiger partial charge in [-0.15, -0.1) is 0 Å². The number of hydrogen-bond donors (Lipinski definition) is 1. The summed E-state index contributed by atoms with van der Waals surface area (Å²) in [5.74, 6) is 2.24. The van der Waals surface area contributed by atoms with Crippen LogP contribution in [0.1, 0.15) is 24.4 Å². The maximum absolute atomic E-state index is 11.1. The topological polar surface area (TPSA) is 49.8 Å². The molecule has 1 saturated heterocycles. The first-order chi connectivity index (χ1) is 9.75. The number of carboxylic acids is 1. The molecule has 3 rings (SSSR count). The van der Waals surface area contributed by atoms with Crippen LogP contribution in [-0.2, 0) is 4.79 Å². The van der Waals surface area contributed by atoms with Crippen LogP contribution in [0.4, 0.5) is 0 Å². The molecule has 2 atom stereocenters. The summed E-state index contributed by atoms with van der Waals surface area (Å²) in [6.07, 6.45) is 1.17. The highest BCUT2D eigenvalue weighted by atomic mass is 32.2. The smallest absolute Gasteiger partial charge is 0.304 e. The van der Waals surface area contributed by atoms with Crippen molar-refractivity contribution in [2.24, 2.45) is 0 Å². The van der Waals surface area contributed by atoms with Gasteiger partial charge in [-0.25, -0.2) is 0 Å². The van der Waals surface area contributed by atoms with E-state index in [4.69, 9.17) is 9.84 Å². The maximum Gasteiger partial charge on any atom is 0.304 e. The van der Waals surface area contributed by atoms with Crippen molar-refractivity contribution in [3.05, 3.63) is 29.8 Å². The quantitative estimate of drug-likeness (QED) is 0.927. The normalized spacial score (nSPS) is 26.6. The van der Waals surface area contributed by atoms with Crippen molar-refractivity contribution in [2.45, 2.75) is 24.9 Å². The highest BCUT2D eigenvalue weighted by Gasteiger charge is 2.34. The molecule has 1 fully saturated rings. The largest absolute Gasteiger partial charge is 0.493 e. The summed E-state index contributed by atoms with van der Waals surface area (Å²) in [5, 5.41) is 9.12. The van der Waals surface area contributed by atoms with E-state index >= 15 is 0 Å². The van der Waals surface area contributed by atoms with Crippen molar-refractivity contribution in [1.29, 1.82) is 0 Å². The van der Waals surface area contributed by atoms with E-state index in [1.165, 1.54) is 5.56 Å². The van der Waals surface area contributed by atoms with Crippen LogP contribution < -0.4 is 4.74 Å². The first-order valence-electron chi connectivity index (χ1n) is 7.02. The Labute approximate surface area is 123 Å². The SMILES string of the molecule is O=C(O)CC1CSCCN1C1CCOc2ccccc21. The van der Waals surface area contributed by atoms with E-state index in [0.29, 0.717) is 12.6 Å². The van der Waals surface area contributed by atoms with Gasteiger partial charge in [-0.1, -0.05) is 18.2 Å². The van der Waals surface area contributed by atoms with Gasteiger partial charge in [0.15, 0.2) is 0 Å². The third kappa shape index (κ3) is 2.79. The van der Waals surface area contributed by atoms with E-state index in [1.807, 2.05) is 30.0 Å². The lowest BCUT2D eigenvalue weighted by atomic mass is 9.97. The molecule has 2 aliphatic rings. The number of aliphatic carboxylic acids is 1. The van der Waals surface area contributed by atoms with Gasteiger partial charge in [0.05, 0.1) is 13.0 Å². The average molecular weight is 293 g/mol. The van der Waals surface area contributed by atoms with Gasteiger partial charge in [0.2, 0.25) is 0 Å². The molecule has 2 unspecified atom stereocenters. The van der Waals surface area contributed by atoms with E-state index in [1.54, 1.807) is 0 Å². The van der Waals surface area contributed by atoms with Crippen LogP contribution >= 0.6 is 11.8 Å². The summed E-state index contributed by atoms with van der Waals surface area (Å²) in [7, 11) is 0. The molecule has 0 radical (unpaired) electrons. The molecule has 4 nitrogen and oxygen atoms in total. The monoisotopic (exact) mass is 293 g/mol. The average Bonchev–Trinajstić information content (AvgIpc) is 2.47. The first-order valence-corrected chi connectivity index (χ1v) is 8.18. The molecule has 20 heavy (non-hydrogen) atoms. The van der Waals surface area contributed by atoms with Gasteiger partial charge < -0.3 is 9.84 Å². The Morgan fingerprint density at radius 2 is 2.30 bits per heavy atom. The molecule has 1 aromatic rings. The van der Waals surface area contributed by atoms with E-state index in [-0.39, 0.29) is 12.5 Å². The minimum absolute atomic E-state index is 0.127. The molecular formula is C15H19NO3S. The number of ether oxygens (including phenoxy) is 1. The van der Waals surface area contributed by atoms with Gasteiger partial charge in [-0.05, 0) is 6.07 Å². The molecule has 0 saturated carbocycles. The molecule has 0 amide bonds. The highest BCUT2D eigenvalue weighted by molar-refractivity contribution is 7.99. The number of fused-ring (bicyclic) bond motifs is 1. The molecule has 1 aromatic carbocycles. The third-order valence-electron chi connectivity index (χ3n) is 4.01. The number of rotatable bonds is 3. The molecule has 0 bridgehead atoms. The molecule has 0 spiro atoms. The van der Waals surface area contributed by atoms with Crippen molar-refractivity contribution in [2.75, 3.05) is 24.7 Å². The van der Waals surface area contributed by atoms with Crippen molar-refractivity contribution in [3.8, 4) is 5.75 Å². The Hall–Kier alpha value is -1.20. The molecular weight excluding hydrogens is 274 g/mol. The van der Waals surface area contributed by atoms with Crippen molar-refractivity contribution >= 4 is 17.7 Å². The van der Waals surface area contributed by atoms with Gasteiger partial charge in [-0.2, -0.15) is 11.8 Å². The number of para-hydroxylation sites is 1. The first kappa shape index (κ1) is 13.8. The lowest BCUT2D eigenvalue weighted by Gasteiger charge is -2.42. The number of carboxylic acid groups (broad SMARTS) is 1. The van der Waals surface area contributed by atoms with Gasteiger partial charge in [0, 0.05) is 42.1 Å². The molecule has 108 valence electrons. The van der Waals surface area contributed by atoms with Crippen LogP contribution in [0.3, 0.4) is 0 Å². The number of thioether (sulfide) groups is 1. The zero-order valence-corrected chi connectivity index (χ0v) is 12.1. The molecule has 2 aliphatic heterocycles. The Morgan fingerprint density at radius 1 is 1.45 bits per heavy atom. The fourth-order valence-electron chi connectivity index (χ4n) is 3.12. The Bertz CT molecular complexity index is 494. The number of carbonyl (C=O) groups is 1. The van der Waals surface area contributed by atoms with Crippen molar-refractivity contribution in [1.82, 2.24) is 4.90 Å². The van der Waals surface area contributed by atoms with Crippen LogP contribution in [0.25, 0.3) is 0 Å². The summed E-state index contributed by atoms with van der Waals surface area (Å²) in [6.45, 7) is 1.67. The Balaban J connectivity index is 1.85. The standard InChI is InChI=1S/C15H19NO3S/c17-15(18)9-11-10-20-8-6-16(11)13-5-7-19-14-4-2-1-3-12(13)14/h1-4,11,13H,5-10H2,(H,17,18). The van der Waals surface area contributed by atoms with E-state index in [9.17, 15) is 4.79 Å². The van der Waals surface area contributed by atoms with Crippen LogP contribution in [0, 0.1) is 0 Å². The third-order valence-corrected chi connectivity index (χ3v) is 5.10.